The molecule has 1 aromatic heterocycles. The van der Waals surface area contributed by atoms with Crippen molar-refractivity contribution in [3.05, 3.63) is 136 Å². The number of hydrogen-bond acceptors (Lipinski definition) is 19. The Hall–Kier alpha value is -8.15. The molecule has 22 nitrogen and oxygen atoms in total. The highest BCUT2D eigenvalue weighted by Crippen LogP contribution is 2.64. The first-order valence-corrected chi connectivity index (χ1v) is 30.1. The van der Waals surface area contributed by atoms with Gasteiger partial charge in [-0.2, -0.15) is 5.10 Å². The summed E-state index contributed by atoms with van der Waals surface area (Å²) in [5.74, 6) is -5.62. The SMILES string of the molecule is CC(=O)O[C@@]12CO[C@@H]1C[C@H](O)[C@@]1(C)C(=O)[C@H](O)C3=C(C)[C@@H](OC(=O)[C@H](OC(=O)N4CCN(Cc5ccc(-c6c(-c7cc(C(C)C)c(O)cc7O)n[nH]c6C)cc5)CC4)[C@@H](NC(=O)OC(C)C)c4ccccc4)CC(O)([C@@H](OC(=O)c4ccccc4)[C@H]21)C3(C)C. The van der Waals surface area contributed by atoms with E-state index in [1.807, 2.05) is 45.0 Å². The normalized spacial score (nSPS) is 27.2. The van der Waals surface area contributed by atoms with E-state index in [9.17, 15) is 44.7 Å². The molecule has 5 aliphatic rings. The number of amides is 2. The molecular weight excluding hydrogens is 1150 g/mol. The van der Waals surface area contributed by atoms with E-state index in [1.54, 1.807) is 82.3 Å². The Morgan fingerprint density at radius 2 is 1.49 bits per heavy atom. The number of phenolic OH excluding ortho intramolecular Hbond substituents is 2. The Labute approximate surface area is 516 Å². The van der Waals surface area contributed by atoms with Gasteiger partial charge in [0, 0.05) is 80.8 Å². The van der Waals surface area contributed by atoms with Crippen LogP contribution in [0.25, 0.3) is 22.4 Å². The first kappa shape index (κ1) is 63.9. The smallest absolute Gasteiger partial charge is 0.410 e. The lowest BCUT2D eigenvalue weighted by atomic mass is 9.44. The number of benzene rings is 4. The number of carbonyl (C=O) groups is 6. The van der Waals surface area contributed by atoms with Crippen LogP contribution in [0.2, 0.25) is 0 Å². The third-order valence-corrected chi connectivity index (χ3v) is 19.0. The van der Waals surface area contributed by atoms with E-state index in [0.29, 0.717) is 42.0 Å². The van der Waals surface area contributed by atoms with Crippen molar-refractivity contribution in [2.75, 3.05) is 32.8 Å². The molecule has 0 radical (unpaired) electrons. The van der Waals surface area contributed by atoms with Gasteiger partial charge in [-0.05, 0) is 92.1 Å². The van der Waals surface area contributed by atoms with Crippen LogP contribution in [0, 0.1) is 23.7 Å². The maximum absolute atomic E-state index is 15.5. The molecule has 3 aliphatic carbocycles. The van der Waals surface area contributed by atoms with Crippen molar-refractivity contribution in [1.29, 1.82) is 0 Å². The molecule has 474 valence electrons. The number of ketones is 1. The second-order valence-corrected chi connectivity index (χ2v) is 25.5. The van der Waals surface area contributed by atoms with Crippen molar-refractivity contribution >= 4 is 35.9 Å². The average molecular weight is 1230 g/mol. The Bertz CT molecular complexity index is 3540. The predicted octanol–water partition coefficient (Wildman–Crippen LogP) is 7.73. The van der Waals surface area contributed by atoms with Gasteiger partial charge in [0.25, 0.3) is 0 Å². The molecule has 3 heterocycles. The number of aromatic nitrogens is 2. The number of Topliss-reactive ketones (excluding diaryl/α,β-unsaturated/α-hetero) is 1. The molecule has 2 saturated carbocycles. The number of carbonyl (C=O) groups excluding carboxylic acids is 6. The number of hydrogen-bond donors (Lipinski definition) is 7. The molecule has 22 heteroatoms. The van der Waals surface area contributed by atoms with Gasteiger partial charge in [-0.1, -0.05) is 100 Å². The lowest BCUT2D eigenvalue weighted by Crippen LogP contribution is -2.81. The highest BCUT2D eigenvalue weighted by molar-refractivity contribution is 5.94. The van der Waals surface area contributed by atoms with Crippen molar-refractivity contribution in [2.45, 2.75) is 155 Å². The minimum Gasteiger partial charge on any atom is -0.508 e. The van der Waals surface area contributed by atoms with E-state index in [1.165, 1.54) is 36.9 Å². The lowest BCUT2D eigenvalue weighted by molar-refractivity contribution is -0.346. The summed E-state index contributed by atoms with van der Waals surface area (Å²) in [6, 6.07) is 25.6. The van der Waals surface area contributed by atoms with Crippen LogP contribution >= 0.6 is 0 Å². The van der Waals surface area contributed by atoms with Crippen LogP contribution in [-0.4, -0.2) is 168 Å². The third kappa shape index (κ3) is 11.6. The van der Waals surface area contributed by atoms with E-state index in [4.69, 9.17) is 28.4 Å². The number of alkyl carbamates (subject to hydrolysis) is 1. The molecular formula is C67H79N5O17. The number of aromatic amines is 1. The number of ether oxygens (including phenoxy) is 6. The third-order valence-electron chi connectivity index (χ3n) is 19.0. The average Bonchev–Trinajstić information content (AvgIpc) is 0.929. The van der Waals surface area contributed by atoms with Crippen LogP contribution in [0.15, 0.2) is 108 Å². The van der Waals surface area contributed by atoms with Gasteiger partial charge in [-0.25, -0.2) is 19.2 Å². The standard InChI is InChI=1S/C67H79N5O17/c1-35(2)44-29-45(47(75)30-46(44)74)54-51(38(6)69-70-54)41-23-21-40(22-24-41)33-71-25-27-72(28-26-71)63(82)87-56(53(42-17-13-11-14-18-42)68-62(81)85-36(3)4)61(80)86-48-32-67(83)59(88-60(79)43-19-15-12-16-20-43)57-65(10,58(78)55(77)52(37(48)5)64(67,8)9)49(76)31-50-66(57,34-84-50)89-39(7)73/h11-24,29-30,35-36,48-50,53,55-57,59,74-77,83H,25-28,31-34H2,1-10H3,(H,68,81)(H,69,70)/t48-,49-,50+,53-,55+,56+,57-,59-,65+,66-,67?/m0/s1. The molecule has 4 aromatic carbocycles. The molecule has 2 saturated heterocycles. The molecule has 7 N–H and O–H groups in total. The molecule has 89 heavy (non-hydrogen) atoms. The molecule has 11 atom stereocenters. The topological polar surface area (TPSA) is 306 Å². The molecule has 0 spiro atoms. The number of piperazine rings is 1. The Kier molecular flexibility index (Phi) is 17.7. The van der Waals surface area contributed by atoms with Gasteiger partial charge >= 0.3 is 30.1 Å². The second-order valence-electron chi connectivity index (χ2n) is 25.5. The van der Waals surface area contributed by atoms with Gasteiger partial charge in [-0.3, -0.25) is 19.6 Å². The predicted molar refractivity (Wildman–Crippen MR) is 322 cm³/mol. The van der Waals surface area contributed by atoms with E-state index < -0.39 is 119 Å². The van der Waals surface area contributed by atoms with Crippen molar-refractivity contribution in [3.63, 3.8) is 0 Å². The fourth-order valence-electron chi connectivity index (χ4n) is 14.1. The highest BCUT2D eigenvalue weighted by Gasteiger charge is 2.78. The summed E-state index contributed by atoms with van der Waals surface area (Å²) in [4.78, 5) is 90.5. The zero-order valence-electron chi connectivity index (χ0n) is 51.6. The van der Waals surface area contributed by atoms with Crippen LogP contribution in [0.5, 0.6) is 11.5 Å². The quantitative estimate of drug-likeness (QED) is 0.0299. The fraction of sp³-hybridized carbons (Fsp3) is 0.478. The van der Waals surface area contributed by atoms with Crippen LogP contribution in [0.3, 0.4) is 0 Å². The van der Waals surface area contributed by atoms with E-state index in [0.717, 1.165) is 29.3 Å². The van der Waals surface area contributed by atoms with Crippen molar-refractivity contribution < 1.29 is 82.7 Å². The van der Waals surface area contributed by atoms with Crippen molar-refractivity contribution in [3.8, 4) is 33.9 Å². The summed E-state index contributed by atoms with van der Waals surface area (Å²) >= 11 is 0. The number of rotatable bonds is 15. The van der Waals surface area contributed by atoms with Crippen LogP contribution in [-0.2, 0) is 49.3 Å². The van der Waals surface area contributed by atoms with Crippen molar-refractivity contribution in [1.82, 2.24) is 25.3 Å². The monoisotopic (exact) mass is 1230 g/mol. The minimum atomic E-state index is -2.46. The number of nitrogens with zero attached hydrogens (tertiary/aromatic N) is 3. The highest BCUT2D eigenvalue weighted by atomic mass is 16.6. The van der Waals surface area contributed by atoms with Crippen molar-refractivity contribution in [2.24, 2.45) is 16.7 Å². The van der Waals surface area contributed by atoms with Gasteiger partial charge in [0.05, 0.1) is 35.7 Å². The fourth-order valence-corrected chi connectivity index (χ4v) is 14.1. The van der Waals surface area contributed by atoms with Gasteiger partial charge < -0.3 is 64.2 Å². The molecule has 2 aliphatic heterocycles. The summed E-state index contributed by atoms with van der Waals surface area (Å²) in [5.41, 5.74) is -2.62. The van der Waals surface area contributed by atoms with Gasteiger partial charge in [-0.15, -0.1) is 0 Å². The van der Waals surface area contributed by atoms with Crippen LogP contribution in [0.4, 0.5) is 9.59 Å². The van der Waals surface area contributed by atoms with Gasteiger partial charge in [0.2, 0.25) is 6.10 Å². The van der Waals surface area contributed by atoms with E-state index in [2.05, 4.69) is 20.4 Å². The summed E-state index contributed by atoms with van der Waals surface area (Å²) in [6.45, 7) is 17.5. The van der Waals surface area contributed by atoms with E-state index >= 15 is 9.59 Å². The molecule has 10 rings (SSSR count). The number of aromatic hydroxyl groups is 2. The Morgan fingerprint density at radius 3 is 2.10 bits per heavy atom. The minimum absolute atomic E-state index is 0.00216. The van der Waals surface area contributed by atoms with Crippen LogP contribution in [0.1, 0.15) is 120 Å². The van der Waals surface area contributed by atoms with Gasteiger partial charge in [0.15, 0.2) is 11.4 Å². The molecule has 2 bridgehead atoms. The maximum Gasteiger partial charge on any atom is 0.410 e. The summed E-state index contributed by atoms with van der Waals surface area (Å²) in [6.07, 6.45) is -13.5. The summed E-state index contributed by atoms with van der Waals surface area (Å²) < 4.78 is 36.7. The number of fused-ring (bicyclic) bond motifs is 5. The summed E-state index contributed by atoms with van der Waals surface area (Å²) in [5, 5.41) is 70.4. The van der Waals surface area contributed by atoms with Crippen LogP contribution < -0.4 is 5.32 Å². The lowest BCUT2D eigenvalue weighted by Gasteiger charge is -2.67. The first-order valence-electron chi connectivity index (χ1n) is 30.1. The Balaban J connectivity index is 0.946. The molecule has 5 aromatic rings. The number of aliphatic hydroxyl groups excluding tert-OH is 2. The maximum atomic E-state index is 15.5. The molecule has 4 fully saturated rings. The molecule has 1 unspecified atom stereocenters. The second kappa shape index (κ2) is 24.7. The van der Waals surface area contributed by atoms with Gasteiger partial charge in [0.1, 0.15) is 53.3 Å². The number of aryl methyl sites for hydroxylation is 1. The van der Waals surface area contributed by atoms with E-state index in [-0.39, 0.29) is 60.2 Å². The zero-order valence-corrected chi connectivity index (χ0v) is 51.6. The first-order chi connectivity index (χ1) is 42.1. The number of esters is 3. The zero-order chi connectivity index (χ0) is 64.2. The number of H-pyrrole nitrogens is 1. The number of phenols is 2. The summed E-state index contributed by atoms with van der Waals surface area (Å²) in [7, 11) is 0. The number of aliphatic hydroxyl groups is 3. The Morgan fingerprint density at radius 1 is 0.843 bits per heavy atom. The molecule has 2 amide bonds. The number of nitrogens with one attached hydrogen (secondary N) is 2. The largest absolute Gasteiger partial charge is 0.508 e.